The van der Waals surface area contributed by atoms with Gasteiger partial charge < -0.3 is 0 Å². The Kier molecular flexibility index (Phi) is 12.2. The van der Waals surface area contributed by atoms with Crippen molar-refractivity contribution in [3.05, 3.63) is 24.3 Å². The molecule has 2 N–H and O–H groups in total. The summed E-state index contributed by atoms with van der Waals surface area (Å²) in [4.78, 5) is 22.6. The van der Waals surface area contributed by atoms with Crippen LogP contribution in [0.3, 0.4) is 0 Å². The Bertz CT molecular complexity index is 632. The summed E-state index contributed by atoms with van der Waals surface area (Å²) in [6, 6.07) is 8.31. The van der Waals surface area contributed by atoms with Crippen molar-refractivity contribution in [3.63, 3.8) is 0 Å². The molecule has 0 atom stereocenters. The van der Waals surface area contributed by atoms with Gasteiger partial charge >= 0.3 is 151 Å². The summed E-state index contributed by atoms with van der Waals surface area (Å²) >= 11 is 9.78. The molecule has 2 rings (SSSR count). The number of unbranched alkanes of at least 4 members (excludes halogenated alkanes) is 4. The fourth-order valence-corrected chi connectivity index (χ4v) is 16.5. The molecule has 0 bridgehead atoms. The maximum atomic E-state index is 12.3. The van der Waals surface area contributed by atoms with Gasteiger partial charge in [-0.25, -0.2) is 0 Å². The zero-order chi connectivity index (χ0) is 20.2. The average molecular weight is 525 g/mol. The summed E-state index contributed by atoms with van der Waals surface area (Å²) in [5.41, 5.74) is 1.02. The first-order valence-corrected chi connectivity index (χ1v) is 17.9. The van der Waals surface area contributed by atoms with Crippen molar-refractivity contribution < 1.29 is 9.59 Å². The Hall–Kier alpha value is -0.00156. The van der Waals surface area contributed by atoms with Crippen molar-refractivity contribution >= 4 is 77.4 Å². The van der Waals surface area contributed by atoms with Crippen molar-refractivity contribution in [2.75, 3.05) is 23.4 Å². The summed E-state index contributed by atoms with van der Waals surface area (Å²) in [5.74, 6) is 2.26. The predicted octanol–water partition coefficient (Wildman–Crippen LogP) is 4.45. The monoisotopic (exact) mass is 524 g/mol. The van der Waals surface area contributed by atoms with E-state index in [1.54, 1.807) is 0 Å². The Balaban J connectivity index is 1.61. The fourth-order valence-electron chi connectivity index (χ4n) is 2.71. The summed E-state index contributed by atoms with van der Waals surface area (Å²) < 4.78 is 1.37. The average Bonchev–Trinajstić information content (AvgIpc) is 2.70. The van der Waals surface area contributed by atoms with Gasteiger partial charge in [-0.1, -0.05) is 23.2 Å². The second-order valence-corrected chi connectivity index (χ2v) is 19.2. The van der Waals surface area contributed by atoms with Crippen LogP contribution < -0.4 is 15.0 Å². The Morgan fingerprint density at radius 2 is 1.71 bits per heavy atom. The van der Waals surface area contributed by atoms with Crippen LogP contribution in [0.5, 0.6) is 0 Å². The van der Waals surface area contributed by atoms with Crippen molar-refractivity contribution in [1.82, 2.24) is 5.32 Å². The standard InChI is InChI=1S/C19H27AsCl2N2O2S2/c21-18(22)19(26)23-12-7-3-1-2-4-11-17(25)24-16-10-6-5-9-15(16)20-27-13-8-14-28-20/h5-6,9-10,18H,1-4,7-8,11-14H2,(H,23,26)(H,24,25). The molecule has 4 nitrogen and oxygen atoms in total. The minimum atomic E-state index is -1.15. The summed E-state index contributed by atoms with van der Waals surface area (Å²) in [6.45, 7) is 0.591. The first-order chi connectivity index (χ1) is 13.6. The number of carbonyl (C=O) groups excluding carboxylic acids is 2. The molecule has 156 valence electrons. The maximum absolute atomic E-state index is 12.3. The number of para-hydroxylation sites is 1. The van der Waals surface area contributed by atoms with Crippen molar-refractivity contribution in [2.45, 2.75) is 49.8 Å². The van der Waals surface area contributed by atoms with E-state index in [-0.39, 0.29) is 11.8 Å². The fraction of sp³-hybridized carbons (Fsp3) is 0.579. The Labute approximate surface area is 188 Å². The van der Waals surface area contributed by atoms with Crippen LogP contribution in [-0.4, -0.2) is 47.0 Å². The number of alkyl halides is 2. The third-order valence-electron chi connectivity index (χ3n) is 4.16. The number of benzene rings is 1. The molecule has 0 saturated carbocycles. The summed E-state index contributed by atoms with van der Waals surface area (Å²) in [6.07, 6.45) is 6.71. The quantitative estimate of drug-likeness (QED) is 0.255. The van der Waals surface area contributed by atoms with Gasteiger partial charge in [0.25, 0.3) is 5.91 Å². The number of hydrogen-bond donors (Lipinski definition) is 2. The van der Waals surface area contributed by atoms with Crippen LogP contribution in [0.2, 0.25) is 0 Å². The van der Waals surface area contributed by atoms with Crippen LogP contribution >= 0.6 is 43.3 Å². The summed E-state index contributed by atoms with van der Waals surface area (Å²) in [5, 5.41) is 5.82. The van der Waals surface area contributed by atoms with Gasteiger partial charge in [0.05, 0.1) is 0 Å². The molecule has 1 aliphatic heterocycles. The van der Waals surface area contributed by atoms with Crippen LogP contribution in [0.4, 0.5) is 5.69 Å². The van der Waals surface area contributed by atoms with Crippen LogP contribution in [0.15, 0.2) is 24.3 Å². The van der Waals surface area contributed by atoms with E-state index >= 15 is 0 Å². The first-order valence-electron chi connectivity index (χ1n) is 9.58. The third-order valence-corrected chi connectivity index (χ3v) is 18.2. The molecule has 0 spiro atoms. The van der Waals surface area contributed by atoms with Crippen molar-refractivity contribution in [1.29, 1.82) is 0 Å². The van der Waals surface area contributed by atoms with E-state index < -0.39 is 17.2 Å². The molecule has 1 aliphatic rings. The van der Waals surface area contributed by atoms with Crippen LogP contribution in [0.1, 0.15) is 44.9 Å². The molecule has 1 heterocycles. The Morgan fingerprint density at radius 3 is 2.46 bits per heavy atom. The third kappa shape index (κ3) is 9.21. The van der Waals surface area contributed by atoms with E-state index in [1.807, 2.05) is 12.1 Å². The molecule has 0 aliphatic carbocycles. The van der Waals surface area contributed by atoms with E-state index in [1.165, 1.54) is 22.3 Å². The number of hydrogen-bond acceptors (Lipinski definition) is 4. The molecule has 28 heavy (non-hydrogen) atoms. The van der Waals surface area contributed by atoms with Gasteiger partial charge in [-0.15, -0.1) is 0 Å². The SMILES string of the molecule is O=C(CCCCCCCNC(=O)C(Cl)Cl)Nc1ccccc1[As]1SCCCS1. The van der Waals surface area contributed by atoms with Gasteiger partial charge in [-0.3, -0.25) is 4.79 Å². The van der Waals surface area contributed by atoms with Gasteiger partial charge in [0.2, 0.25) is 0 Å². The molecule has 1 aromatic carbocycles. The first kappa shape index (κ1) is 24.3. The van der Waals surface area contributed by atoms with Crippen molar-refractivity contribution in [2.24, 2.45) is 0 Å². The normalized spacial score (nSPS) is 14.8. The predicted molar refractivity (Wildman–Crippen MR) is 126 cm³/mol. The molecule has 9 heteroatoms. The van der Waals surface area contributed by atoms with Gasteiger partial charge in [0, 0.05) is 0 Å². The van der Waals surface area contributed by atoms with Crippen LogP contribution in [-0.2, 0) is 9.59 Å². The second kappa shape index (κ2) is 14.1. The molecular formula is C19H27AsCl2N2O2S2. The van der Waals surface area contributed by atoms with E-state index in [0.717, 1.165) is 37.8 Å². The molecule has 0 aromatic heterocycles. The van der Waals surface area contributed by atoms with Crippen molar-refractivity contribution in [3.8, 4) is 0 Å². The molecule has 0 radical (unpaired) electrons. The second-order valence-electron chi connectivity index (χ2n) is 6.45. The van der Waals surface area contributed by atoms with Gasteiger partial charge in [-0.05, 0) is 0 Å². The van der Waals surface area contributed by atoms with E-state index in [0.29, 0.717) is 13.0 Å². The van der Waals surface area contributed by atoms with Gasteiger partial charge in [-0.2, -0.15) is 0 Å². The Morgan fingerprint density at radius 1 is 1.04 bits per heavy atom. The number of nitrogens with one attached hydrogen (secondary N) is 2. The topological polar surface area (TPSA) is 58.2 Å². The van der Waals surface area contributed by atoms with Crippen LogP contribution in [0.25, 0.3) is 0 Å². The number of rotatable bonds is 11. The number of anilines is 1. The molecule has 1 saturated heterocycles. The number of carbonyl (C=O) groups is 2. The van der Waals surface area contributed by atoms with Crippen LogP contribution in [0, 0.1) is 0 Å². The minimum absolute atomic E-state index is 0.107. The molecule has 1 fully saturated rings. The molecule has 2 amide bonds. The van der Waals surface area contributed by atoms with Gasteiger partial charge in [0.15, 0.2) is 4.84 Å². The molecule has 0 unspecified atom stereocenters. The summed E-state index contributed by atoms with van der Waals surface area (Å²) in [7, 11) is 4.22. The number of amides is 2. The molecular weight excluding hydrogens is 498 g/mol. The van der Waals surface area contributed by atoms with E-state index in [9.17, 15) is 9.59 Å². The zero-order valence-electron chi connectivity index (χ0n) is 15.8. The van der Waals surface area contributed by atoms with Gasteiger partial charge in [0.1, 0.15) is 0 Å². The van der Waals surface area contributed by atoms with E-state index in [4.69, 9.17) is 23.2 Å². The number of halogens is 2. The van der Waals surface area contributed by atoms with E-state index in [2.05, 4.69) is 42.8 Å². The molecule has 1 aromatic rings. The zero-order valence-corrected chi connectivity index (χ0v) is 20.8.